The predicted molar refractivity (Wildman–Crippen MR) is 78.9 cm³/mol. The summed E-state index contributed by atoms with van der Waals surface area (Å²) >= 11 is 11.9. The van der Waals surface area contributed by atoms with E-state index >= 15 is 0 Å². The lowest BCUT2D eigenvalue weighted by Crippen LogP contribution is -2.00. The summed E-state index contributed by atoms with van der Waals surface area (Å²) in [6.07, 6.45) is 1.03. The first kappa shape index (κ1) is 14.9. The van der Waals surface area contributed by atoms with Crippen molar-refractivity contribution in [3.8, 4) is 11.6 Å². The molecule has 0 bridgehead atoms. The van der Waals surface area contributed by atoms with Gasteiger partial charge in [0.25, 0.3) is 0 Å². The topological polar surface area (TPSA) is 55.0 Å². The van der Waals surface area contributed by atoms with E-state index in [0.29, 0.717) is 34.5 Å². The van der Waals surface area contributed by atoms with Gasteiger partial charge in [0.15, 0.2) is 0 Å². The third kappa shape index (κ3) is 3.52. The summed E-state index contributed by atoms with van der Waals surface area (Å²) in [4.78, 5) is 11.2. The number of H-pyrrole nitrogens is 1. The van der Waals surface area contributed by atoms with Crippen molar-refractivity contribution in [2.75, 3.05) is 0 Å². The third-order valence-electron chi connectivity index (χ3n) is 2.74. The van der Waals surface area contributed by atoms with Gasteiger partial charge >= 0.3 is 0 Å². The van der Waals surface area contributed by atoms with Crippen LogP contribution in [0.3, 0.4) is 0 Å². The summed E-state index contributed by atoms with van der Waals surface area (Å²) in [6, 6.07) is 4.95. The van der Waals surface area contributed by atoms with E-state index in [1.54, 1.807) is 18.2 Å². The van der Waals surface area contributed by atoms with Crippen LogP contribution in [0, 0.1) is 0 Å². The highest BCUT2D eigenvalue weighted by molar-refractivity contribution is 6.34. The number of carbonyl (C=O) groups is 1. The Hall–Kier alpha value is -1.52. The maximum absolute atomic E-state index is 11.2. The molecule has 0 aliphatic rings. The number of aromatic amines is 1. The number of carbonyl (C=O) groups excluding carboxylic acids is 1. The Morgan fingerprint density at radius 2 is 1.95 bits per heavy atom. The molecule has 0 radical (unpaired) electrons. The zero-order chi connectivity index (χ0) is 14.7. The molecule has 0 atom stereocenters. The van der Waals surface area contributed by atoms with Gasteiger partial charge in [-0.15, -0.1) is 5.10 Å². The van der Waals surface area contributed by atoms with Crippen molar-refractivity contribution in [1.82, 2.24) is 10.2 Å². The zero-order valence-electron chi connectivity index (χ0n) is 11.2. The third-order valence-corrected chi connectivity index (χ3v) is 3.18. The summed E-state index contributed by atoms with van der Waals surface area (Å²) < 4.78 is 5.70. The second-order valence-corrected chi connectivity index (χ2v) is 5.30. The Morgan fingerprint density at radius 1 is 1.30 bits per heavy atom. The number of nitrogens with one attached hydrogen (secondary N) is 1. The van der Waals surface area contributed by atoms with Crippen LogP contribution in [0.15, 0.2) is 18.2 Å². The van der Waals surface area contributed by atoms with E-state index in [1.807, 2.05) is 6.92 Å². The fraction of sp³-hybridized carbons (Fsp3) is 0.286. The van der Waals surface area contributed by atoms with Crippen LogP contribution in [-0.4, -0.2) is 16.0 Å². The first-order valence-corrected chi connectivity index (χ1v) is 6.94. The highest BCUT2D eigenvalue weighted by Gasteiger charge is 2.15. The maximum Gasteiger partial charge on any atom is 0.241 e. The van der Waals surface area contributed by atoms with Crippen molar-refractivity contribution in [2.24, 2.45) is 0 Å². The standard InChI is InChI=1S/C14H14Cl2N2O2/c1-3-12-13(4-8(2)19)17-18-14(12)20-11-6-9(15)5-10(16)7-11/h5-7H,3-4H2,1-2H3,(H,17,18). The number of aromatic nitrogens is 2. The molecule has 0 saturated carbocycles. The molecule has 0 amide bonds. The Labute approximate surface area is 127 Å². The molecular formula is C14H14Cl2N2O2. The predicted octanol–water partition coefficient (Wildman–Crippen LogP) is 4.20. The minimum absolute atomic E-state index is 0.0701. The molecule has 0 saturated heterocycles. The summed E-state index contributed by atoms with van der Waals surface area (Å²) in [5.74, 6) is 1.03. The van der Waals surface area contributed by atoms with E-state index < -0.39 is 0 Å². The van der Waals surface area contributed by atoms with Crippen molar-refractivity contribution in [3.05, 3.63) is 39.5 Å². The minimum atomic E-state index is 0.0701. The molecule has 20 heavy (non-hydrogen) atoms. The molecule has 1 N–H and O–H groups in total. The molecule has 0 spiro atoms. The maximum atomic E-state index is 11.2. The molecule has 1 heterocycles. The van der Waals surface area contributed by atoms with E-state index in [2.05, 4.69) is 10.2 Å². The smallest absolute Gasteiger partial charge is 0.241 e. The van der Waals surface area contributed by atoms with E-state index in [-0.39, 0.29) is 5.78 Å². The monoisotopic (exact) mass is 312 g/mol. The highest BCUT2D eigenvalue weighted by Crippen LogP contribution is 2.30. The molecule has 2 aromatic rings. The molecule has 6 heteroatoms. The Balaban J connectivity index is 2.29. The van der Waals surface area contributed by atoms with Crippen molar-refractivity contribution in [2.45, 2.75) is 26.7 Å². The van der Waals surface area contributed by atoms with Gasteiger partial charge in [-0.05, 0) is 31.5 Å². The molecular weight excluding hydrogens is 299 g/mol. The number of Topliss-reactive ketones (excluding diaryl/α,β-unsaturated/α-hetero) is 1. The fourth-order valence-corrected chi connectivity index (χ4v) is 2.43. The fourth-order valence-electron chi connectivity index (χ4n) is 1.93. The minimum Gasteiger partial charge on any atom is -0.437 e. The van der Waals surface area contributed by atoms with Crippen molar-refractivity contribution >= 4 is 29.0 Å². The number of ketones is 1. The summed E-state index contributed by atoms with van der Waals surface area (Å²) in [5.41, 5.74) is 1.67. The van der Waals surface area contributed by atoms with Gasteiger partial charge < -0.3 is 4.74 Å². The Bertz CT molecular complexity index is 618. The van der Waals surface area contributed by atoms with Gasteiger partial charge in [0, 0.05) is 27.7 Å². The number of hydrogen-bond donors (Lipinski definition) is 1. The molecule has 0 aliphatic heterocycles. The molecule has 0 unspecified atom stereocenters. The largest absolute Gasteiger partial charge is 0.437 e. The number of halogens is 2. The average Bonchev–Trinajstić information content (AvgIpc) is 2.69. The Morgan fingerprint density at radius 3 is 2.50 bits per heavy atom. The molecule has 0 aliphatic carbocycles. The van der Waals surface area contributed by atoms with E-state index in [0.717, 1.165) is 11.3 Å². The molecule has 1 aromatic heterocycles. The molecule has 0 fully saturated rings. The van der Waals surface area contributed by atoms with Crippen LogP contribution in [0.25, 0.3) is 0 Å². The van der Waals surface area contributed by atoms with E-state index in [1.165, 1.54) is 6.92 Å². The van der Waals surface area contributed by atoms with Gasteiger partial charge in [0.1, 0.15) is 11.5 Å². The number of hydrogen-bond acceptors (Lipinski definition) is 3. The second-order valence-electron chi connectivity index (χ2n) is 4.43. The zero-order valence-corrected chi connectivity index (χ0v) is 12.7. The van der Waals surface area contributed by atoms with Gasteiger partial charge in [-0.1, -0.05) is 30.1 Å². The first-order chi connectivity index (χ1) is 9.49. The van der Waals surface area contributed by atoms with Gasteiger partial charge in [-0.3, -0.25) is 9.89 Å². The lowest BCUT2D eigenvalue weighted by molar-refractivity contribution is -0.116. The molecule has 2 rings (SSSR count). The number of ether oxygens (including phenoxy) is 1. The molecule has 4 nitrogen and oxygen atoms in total. The Kier molecular flexibility index (Phi) is 4.68. The van der Waals surface area contributed by atoms with Gasteiger partial charge in [0.2, 0.25) is 5.88 Å². The SMILES string of the molecule is CCc1c(Oc2cc(Cl)cc(Cl)c2)n[nH]c1CC(C)=O. The van der Waals surface area contributed by atoms with Crippen LogP contribution in [0.4, 0.5) is 0 Å². The van der Waals surface area contributed by atoms with Gasteiger partial charge in [-0.2, -0.15) is 0 Å². The van der Waals surface area contributed by atoms with E-state index in [9.17, 15) is 4.79 Å². The van der Waals surface area contributed by atoms with Crippen molar-refractivity contribution in [1.29, 1.82) is 0 Å². The van der Waals surface area contributed by atoms with Gasteiger partial charge in [-0.25, -0.2) is 0 Å². The van der Waals surface area contributed by atoms with Crippen LogP contribution < -0.4 is 4.74 Å². The van der Waals surface area contributed by atoms with Crippen LogP contribution in [-0.2, 0) is 17.6 Å². The second kappa shape index (κ2) is 6.29. The number of rotatable bonds is 5. The number of benzene rings is 1. The van der Waals surface area contributed by atoms with Crippen molar-refractivity contribution in [3.63, 3.8) is 0 Å². The van der Waals surface area contributed by atoms with Crippen LogP contribution in [0.2, 0.25) is 10.0 Å². The number of nitrogens with zero attached hydrogens (tertiary/aromatic N) is 1. The molecule has 106 valence electrons. The quantitative estimate of drug-likeness (QED) is 0.900. The average molecular weight is 313 g/mol. The first-order valence-electron chi connectivity index (χ1n) is 6.19. The lowest BCUT2D eigenvalue weighted by Gasteiger charge is -2.06. The van der Waals surface area contributed by atoms with Gasteiger partial charge in [0.05, 0.1) is 0 Å². The van der Waals surface area contributed by atoms with Crippen LogP contribution in [0.1, 0.15) is 25.1 Å². The summed E-state index contributed by atoms with van der Waals surface area (Å²) in [5, 5.41) is 7.93. The normalized spacial score (nSPS) is 10.6. The summed E-state index contributed by atoms with van der Waals surface area (Å²) in [6.45, 7) is 3.52. The van der Waals surface area contributed by atoms with Crippen molar-refractivity contribution < 1.29 is 9.53 Å². The van der Waals surface area contributed by atoms with Crippen LogP contribution >= 0.6 is 23.2 Å². The van der Waals surface area contributed by atoms with Crippen LogP contribution in [0.5, 0.6) is 11.6 Å². The molecule has 1 aromatic carbocycles. The lowest BCUT2D eigenvalue weighted by atomic mass is 10.1. The highest BCUT2D eigenvalue weighted by atomic mass is 35.5. The summed E-state index contributed by atoms with van der Waals surface area (Å²) in [7, 11) is 0. The van der Waals surface area contributed by atoms with E-state index in [4.69, 9.17) is 27.9 Å².